The van der Waals surface area contributed by atoms with Crippen molar-refractivity contribution in [2.45, 2.75) is 44.1 Å². The van der Waals surface area contributed by atoms with Gasteiger partial charge in [-0.05, 0) is 51.1 Å². The Labute approximate surface area is 110 Å². The number of nitrogens with zero attached hydrogens (tertiary/aromatic N) is 1. The quantitative estimate of drug-likeness (QED) is 0.779. The van der Waals surface area contributed by atoms with Gasteiger partial charge in [0.2, 0.25) is 0 Å². The zero-order valence-electron chi connectivity index (χ0n) is 11.0. The topological polar surface area (TPSA) is 3.24 Å². The summed E-state index contributed by atoms with van der Waals surface area (Å²) in [6.45, 7) is 2.29. The number of rotatable bonds is 4. The highest BCUT2D eigenvalue weighted by Gasteiger charge is 2.45. The van der Waals surface area contributed by atoms with Crippen LogP contribution in [0.4, 0.5) is 0 Å². The maximum atomic E-state index is 5.99. The van der Waals surface area contributed by atoms with E-state index >= 15 is 0 Å². The predicted octanol–water partition coefficient (Wildman–Crippen LogP) is 4.10. The molecule has 0 radical (unpaired) electrons. The fourth-order valence-electron chi connectivity index (χ4n) is 3.40. The summed E-state index contributed by atoms with van der Waals surface area (Å²) in [5, 5.41) is 0.834. The van der Waals surface area contributed by atoms with Crippen molar-refractivity contribution in [3.05, 3.63) is 34.9 Å². The van der Waals surface area contributed by atoms with E-state index in [2.05, 4.69) is 38.1 Å². The van der Waals surface area contributed by atoms with Gasteiger partial charge < -0.3 is 4.90 Å². The first-order valence-corrected chi connectivity index (χ1v) is 6.90. The van der Waals surface area contributed by atoms with Crippen LogP contribution in [-0.4, -0.2) is 25.0 Å². The van der Waals surface area contributed by atoms with Crippen LogP contribution in [0.15, 0.2) is 24.3 Å². The van der Waals surface area contributed by atoms with Crippen molar-refractivity contribution in [1.82, 2.24) is 4.90 Å². The van der Waals surface area contributed by atoms with Gasteiger partial charge in [0.1, 0.15) is 0 Å². The molecule has 0 aliphatic heterocycles. The standard InChI is InChI=1S/C15H22ClN/c1-4-14(17(2)3)15(10-5-11-15)12-6-8-13(16)9-7-12/h6-9,14H,4-5,10-11H2,1-3H3. The van der Waals surface area contributed by atoms with Crippen molar-refractivity contribution < 1.29 is 0 Å². The predicted molar refractivity (Wildman–Crippen MR) is 74.7 cm³/mol. The molecule has 0 aromatic heterocycles. The minimum absolute atomic E-state index is 0.364. The highest BCUT2D eigenvalue weighted by atomic mass is 35.5. The maximum absolute atomic E-state index is 5.99. The van der Waals surface area contributed by atoms with E-state index in [1.54, 1.807) is 0 Å². The van der Waals surface area contributed by atoms with Crippen LogP contribution in [-0.2, 0) is 5.41 Å². The summed E-state index contributed by atoms with van der Waals surface area (Å²) in [6.07, 6.45) is 5.18. The Kier molecular flexibility index (Phi) is 3.79. The van der Waals surface area contributed by atoms with E-state index in [1.807, 2.05) is 12.1 Å². The van der Waals surface area contributed by atoms with Crippen molar-refractivity contribution in [2.75, 3.05) is 14.1 Å². The third kappa shape index (κ3) is 2.23. The summed E-state index contributed by atoms with van der Waals surface area (Å²) in [6, 6.07) is 9.12. The first kappa shape index (κ1) is 12.9. The molecule has 0 saturated heterocycles. The second kappa shape index (κ2) is 4.99. The Morgan fingerprint density at radius 3 is 2.18 bits per heavy atom. The minimum Gasteiger partial charge on any atom is -0.306 e. The fourth-order valence-corrected chi connectivity index (χ4v) is 3.53. The lowest BCUT2D eigenvalue weighted by molar-refractivity contribution is 0.0937. The Morgan fingerprint density at radius 2 is 1.82 bits per heavy atom. The number of halogens is 1. The summed E-state index contributed by atoms with van der Waals surface area (Å²) in [4.78, 5) is 2.38. The van der Waals surface area contributed by atoms with Gasteiger partial charge in [-0.3, -0.25) is 0 Å². The van der Waals surface area contributed by atoms with Crippen LogP contribution in [0, 0.1) is 0 Å². The second-order valence-corrected chi connectivity index (χ2v) is 5.84. The van der Waals surface area contributed by atoms with Gasteiger partial charge in [-0.2, -0.15) is 0 Å². The Bertz CT molecular complexity index is 365. The molecule has 1 aromatic carbocycles. The summed E-state index contributed by atoms with van der Waals surface area (Å²) in [5.41, 5.74) is 1.83. The molecule has 1 fully saturated rings. The molecular formula is C15H22ClN. The zero-order chi connectivity index (χ0) is 12.5. The minimum atomic E-state index is 0.364. The Hall–Kier alpha value is -0.530. The van der Waals surface area contributed by atoms with E-state index < -0.39 is 0 Å². The van der Waals surface area contributed by atoms with Crippen LogP contribution in [0.25, 0.3) is 0 Å². The number of hydrogen-bond acceptors (Lipinski definition) is 1. The van der Waals surface area contributed by atoms with Gasteiger partial charge in [0.15, 0.2) is 0 Å². The number of hydrogen-bond donors (Lipinski definition) is 0. The first-order valence-electron chi connectivity index (χ1n) is 6.52. The monoisotopic (exact) mass is 251 g/mol. The van der Waals surface area contributed by atoms with Crippen molar-refractivity contribution >= 4 is 11.6 Å². The molecule has 1 aliphatic carbocycles. The molecule has 1 atom stereocenters. The largest absolute Gasteiger partial charge is 0.306 e. The second-order valence-electron chi connectivity index (χ2n) is 5.40. The first-order chi connectivity index (χ1) is 8.10. The zero-order valence-corrected chi connectivity index (χ0v) is 11.8. The third-order valence-electron chi connectivity index (χ3n) is 4.31. The van der Waals surface area contributed by atoms with E-state index in [9.17, 15) is 0 Å². The molecule has 0 amide bonds. The molecule has 0 N–H and O–H groups in total. The molecule has 1 aromatic rings. The van der Waals surface area contributed by atoms with Crippen molar-refractivity contribution in [3.63, 3.8) is 0 Å². The van der Waals surface area contributed by atoms with Gasteiger partial charge in [0, 0.05) is 16.5 Å². The summed E-state index contributed by atoms with van der Waals surface area (Å²) in [7, 11) is 4.40. The van der Waals surface area contributed by atoms with Gasteiger partial charge in [-0.15, -0.1) is 0 Å². The van der Waals surface area contributed by atoms with Crippen LogP contribution >= 0.6 is 11.6 Å². The van der Waals surface area contributed by atoms with Crippen molar-refractivity contribution in [3.8, 4) is 0 Å². The SMILES string of the molecule is CCC(N(C)C)C1(c2ccc(Cl)cc2)CCC1. The summed E-state index contributed by atoms with van der Waals surface area (Å²) < 4.78 is 0. The molecule has 0 spiro atoms. The molecule has 0 bridgehead atoms. The molecule has 94 valence electrons. The van der Waals surface area contributed by atoms with Crippen LogP contribution < -0.4 is 0 Å². The van der Waals surface area contributed by atoms with Crippen LogP contribution in [0.1, 0.15) is 38.2 Å². The molecule has 1 saturated carbocycles. The van der Waals surface area contributed by atoms with E-state index in [1.165, 1.54) is 31.2 Å². The van der Waals surface area contributed by atoms with Crippen LogP contribution in [0.5, 0.6) is 0 Å². The highest BCUT2D eigenvalue weighted by molar-refractivity contribution is 6.30. The van der Waals surface area contributed by atoms with E-state index in [0.717, 1.165) is 5.02 Å². The van der Waals surface area contributed by atoms with Crippen LogP contribution in [0.3, 0.4) is 0 Å². The van der Waals surface area contributed by atoms with Gasteiger partial charge in [-0.1, -0.05) is 37.1 Å². The molecule has 1 nitrogen and oxygen atoms in total. The van der Waals surface area contributed by atoms with Crippen molar-refractivity contribution in [2.24, 2.45) is 0 Å². The highest BCUT2D eigenvalue weighted by Crippen LogP contribution is 2.48. The lowest BCUT2D eigenvalue weighted by Crippen LogP contribution is -2.51. The van der Waals surface area contributed by atoms with E-state index in [4.69, 9.17) is 11.6 Å². The number of benzene rings is 1. The van der Waals surface area contributed by atoms with Gasteiger partial charge in [0.25, 0.3) is 0 Å². The van der Waals surface area contributed by atoms with E-state index in [0.29, 0.717) is 11.5 Å². The molecule has 0 heterocycles. The maximum Gasteiger partial charge on any atom is 0.0406 e. The fraction of sp³-hybridized carbons (Fsp3) is 0.600. The molecule has 1 unspecified atom stereocenters. The third-order valence-corrected chi connectivity index (χ3v) is 4.56. The smallest absolute Gasteiger partial charge is 0.0406 e. The van der Waals surface area contributed by atoms with Gasteiger partial charge >= 0.3 is 0 Å². The molecular weight excluding hydrogens is 230 g/mol. The van der Waals surface area contributed by atoms with Gasteiger partial charge in [-0.25, -0.2) is 0 Å². The average Bonchev–Trinajstić information content (AvgIpc) is 2.24. The molecule has 17 heavy (non-hydrogen) atoms. The molecule has 2 heteroatoms. The Balaban J connectivity index is 2.33. The lowest BCUT2D eigenvalue weighted by Gasteiger charge is -2.50. The van der Waals surface area contributed by atoms with Crippen LogP contribution in [0.2, 0.25) is 5.02 Å². The number of likely N-dealkylation sites (N-methyl/N-ethyl adjacent to an activating group) is 1. The molecule has 1 aliphatic rings. The summed E-state index contributed by atoms with van der Waals surface area (Å²) in [5.74, 6) is 0. The van der Waals surface area contributed by atoms with Gasteiger partial charge in [0.05, 0.1) is 0 Å². The lowest BCUT2D eigenvalue weighted by atomic mass is 9.59. The molecule has 2 rings (SSSR count). The average molecular weight is 252 g/mol. The van der Waals surface area contributed by atoms with E-state index in [-0.39, 0.29) is 0 Å². The Morgan fingerprint density at radius 1 is 1.24 bits per heavy atom. The normalized spacial score (nSPS) is 20.1. The summed E-state index contributed by atoms with van der Waals surface area (Å²) >= 11 is 5.99. The van der Waals surface area contributed by atoms with Crippen molar-refractivity contribution in [1.29, 1.82) is 0 Å².